The molecule has 1 unspecified atom stereocenters. The van der Waals surface area contributed by atoms with Crippen LogP contribution in [0.25, 0.3) is 0 Å². The van der Waals surface area contributed by atoms with Gasteiger partial charge in [0.05, 0.1) is 11.9 Å². The summed E-state index contributed by atoms with van der Waals surface area (Å²) in [6, 6.07) is 21.4. The minimum atomic E-state index is -1.41. The fraction of sp³-hybridized carbons (Fsp3) is 0.167. The van der Waals surface area contributed by atoms with E-state index < -0.39 is 29.5 Å². The summed E-state index contributed by atoms with van der Waals surface area (Å²) in [6.45, 7) is 0.195. The molecule has 0 fully saturated rings. The van der Waals surface area contributed by atoms with Crippen LogP contribution in [0.15, 0.2) is 79.0 Å². The number of carbonyl (C=O) groups excluding carboxylic acids is 3. The number of halogens is 1. The maximum Gasteiger partial charge on any atom is 0.273 e. The first-order chi connectivity index (χ1) is 19.9. The van der Waals surface area contributed by atoms with Crippen molar-refractivity contribution in [3.05, 3.63) is 95.9 Å². The minimum Gasteiger partial charge on any atom is -0.470 e. The van der Waals surface area contributed by atoms with Crippen molar-refractivity contribution in [3.8, 4) is 5.75 Å². The van der Waals surface area contributed by atoms with Crippen LogP contribution in [0.4, 0.5) is 33.2 Å². The predicted octanol–water partition coefficient (Wildman–Crippen LogP) is 4.25. The summed E-state index contributed by atoms with van der Waals surface area (Å²) in [6.07, 6.45) is -0.257. The van der Waals surface area contributed by atoms with Gasteiger partial charge in [0.2, 0.25) is 18.0 Å². The minimum absolute atomic E-state index is 0.0826. The molecule has 41 heavy (non-hydrogen) atoms. The molecule has 0 saturated carbocycles. The van der Waals surface area contributed by atoms with Crippen molar-refractivity contribution < 1.29 is 23.5 Å². The van der Waals surface area contributed by atoms with E-state index in [4.69, 9.17) is 4.74 Å². The van der Waals surface area contributed by atoms with Gasteiger partial charge in [0.25, 0.3) is 5.91 Å². The van der Waals surface area contributed by atoms with Gasteiger partial charge in [0, 0.05) is 30.3 Å². The maximum atomic E-state index is 14.6. The number of benzene rings is 3. The standard InChI is InChI=1S/C30H25FN6O4/c31-22-16-33-30-35-20-8-4-7-18(12-20)15-32-28(39)19(11-17-5-2-1-3-6-17)13-24(38)26-29(40)36-23-14-21(34-27(22)37-30)9-10-25(23)41-26/h1-10,12,14,16,19,26H,11,13,15H2,(H,32,39)(H,36,40)(H2,33,34,35,37)/t19-,26?/m1/s1. The van der Waals surface area contributed by atoms with Gasteiger partial charge in [0.15, 0.2) is 17.4 Å². The van der Waals surface area contributed by atoms with Crippen molar-refractivity contribution in [2.45, 2.75) is 25.5 Å². The molecular weight excluding hydrogens is 527 g/mol. The highest BCUT2D eigenvalue weighted by Crippen LogP contribution is 2.34. The number of aromatic nitrogens is 2. The molecule has 0 radical (unpaired) electrons. The molecule has 11 heteroatoms. The second-order valence-electron chi connectivity index (χ2n) is 9.81. The first-order valence-electron chi connectivity index (χ1n) is 13.0. The van der Waals surface area contributed by atoms with Crippen molar-refractivity contribution in [2.75, 3.05) is 16.0 Å². The Labute approximate surface area is 234 Å². The Bertz CT molecular complexity index is 1650. The van der Waals surface area contributed by atoms with E-state index in [1.54, 1.807) is 30.3 Å². The molecule has 3 aromatic carbocycles. The lowest BCUT2D eigenvalue weighted by Crippen LogP contribution is -2.45. The van der Waals surface area contributed by atoms with Crippen LogP contribution in [0, 0.1) is 11.7 Å². The van der Waals surface area contributed by atoms with Gasteiger partial charge in [-0.05, 0) is 47.9 Å². The van der Waals surface area contributed by atoms with E-state index in [2.05, 4.69) is 31.2 Å². The molecule has 5 heterocycles. The number of nitrogens with zero attached hydrogens (tertiary/aromatic N) is 2. The summed E-state index contributed by atoms with van der Waals surface area (Å²) in [5.74, 6) is -2.55. The third-order valence-corrected chi connectivity index (χ3v) is 6.81. The average molecular weight is 553 g/mol. The summed E-state index contributed by atoms with van der Waals surface area (Å²) < 4.78 is 20.4. The van der Waals surface area contributed by atoms with Gasteiger partial charge in [-0.2, -0.15) is 4.98 Å². The molecule has 206 valence electrons. The van der Waals surface area contributed by atoms with Gasteiger partial charge in [-0.3, -0.25) is 14.4 Å². The lowest BCUT2D eigenvalue weighted by atomic mass is 9.91. The molecule has 4 N–H and O–H groups in total. The second-order valence-corrected chi connectivity index (χ2v) is 9.81. The number of carbonyl (C=O) groups is 3. The molecule has 4 aliphatic rings. The molecule has 8 rings (SSSR count). The first-order valence-corrected chi connectivity index (χ1v) is 13.0. The lowest BCUT2D eigenvalue weighted by Gasteiger charge is -2.26. The van der Waals surface area contributed by atoms with E-state index in [0.29, 0.717) is 23.5 Å². The van der Waals surface area contributed by atoms with Gasteiger partial charge in [0.1, 0.15) is 5.75 Å². The summed E-state index contributed by atoms with van der Waals surface area (Å²) >= 11 is 0. The van der Waals surface area contributed by atoms with E-state index in [1.807, 2.05) is 42.5 Å². The van der Waals surface area contributed by atoms with Crippen molar-refractivity contribution in [1.29, 1.82) is 0 Å². The molecule has 0 spiro atoms. The number of anilines is 5. The van der Waals surface area contributed by atoms with Gasteiger partial charge in [-0.1, -0.05) is 42.5 Å². The smallest absolute Gasteiger partial charge is 0.273 e. The second kappa shape index (κ2) is 11.0. The number of ether oxygens (including phenoxy) is 1. The van der Waals surface area contributed by atoms with Crippen LogP contribution in [0.5, 0.6) is 5.75 Å². The van der Waals surface area contributed by atoms with Crippen molar-refractivity contribution in [1.82, 2.24) is 15.3 Å². The summed E-state index contributed by atoms with van der Waals surface area (Å²) in [4.78, 5) is 47.9. The average Bonchev–Trinajstić information content (AvgIpc) is 2.97. The zero-order valence-electron chi connectivity index (χ0n) is 21.7. The van der Waals surface area contributed by atoms with Crippen LogP contribution in [-0.2, 0) is 27.3 Å². The van der Waals surface area contributed by atoms with Crippen LogP contribution in [0.1, 0.15) is 17.5 Å². The number of fused-ring (bicyclic) bond motifs is 2. The zero-order chi connectivity index (χ0) is 28.3. The normalized spacial score (nSPS) is 18.4. The topological polar surface area (TPSA) is 134 Å². The van der Waals surface area contributed by atoms with Gasteiger partial charge in [-0.25, -0.2) is 9.37 Å². The first kappa shape index (κ1) is 25.9. The Morgan fingerprint density at radius 2 is 1.71 bits per heavy atom. The Kier molecular flexibility index (Phi) is 6.99. The number of hydrogen-bond donors (Lipinski definition) is 4. The summed E-state index contributed by atoms with van der Waals surface area (Å²) in [5, 5.41) is 11.6. The number of Topliss-reactive ketones (excluding diaryl/α,β-unsaturated/α-hetero) is 1. The van der Waals surface area contributed by atoms with Crippen LogP contribution in [0.3, 0.4) is 0 Å². The van der Waals surface area contributed by atoms with E-state index in [9.17, 15) is 18.8 Å². The Morgan fingerprint density at radius 3 is 2.56 bits per heavy atom. The van der Waals surface area contributed by atoms with E-state index in [-0.39, 0.29) is 36.4 Å². The molecule has 2 amide bonds. The molecule has 1 aromatic heterocycles. The number of amides is 2. The third kappa shape index (κ3) is 5.83. The SMILES string of the molecule is O=C1C[C@@H](Cc2ccccc2)C(=O)NCc2cccc(c2)Nc2ncc(F)c(n2)Nc2ccc3c(c2)NC(=O)C1O3. The van der Waals surface area contributed by atoms with E-state index >= 15 is 0 Å². The summed E-state index contributed by atoms with van der Waals surface area (Å²) in [5.41, 5.74) is 3.05. The van der Waals surface area contributed by atoms with Gasteiger partial charge < -0.3 is 26.0 Å². The highest BCUT2D eigenvalue weighted by atomic mass is 19.1. The quantitative estimate of drug-likeness (QED) is 0.271. The number of rotatable bonds is 2. The van der Waals surface area contributed by atoms with E-state index in [0.717, 1.165) is 17.3 Å². The maximum absolute atomic E-state index is 14.6. The molecule has 0 saturated heterocycles. The van der Waals surface area contributed by atoms with Crippen LogP contribution < -0.4 is 26.0 Å². The summed E-state index contributed by atoms with van der Waals surface area (Å²) in [7, 11) is 0. The highest BCUT2D eigenvalue weighted by Gasteiger charge is 2.36. The monoisotopic (exact) mass is 552 g/mol. The Balaban J connectivity index is 1.36. The third-order valence-electron chi connectivity index (χ3n) is 6.81. The molecule has 4 aliphatic heterocycles. The molecule has 8 bridgehead atoms. The number of ketones is 1. The zero-order valence-corrected chi connectivity index (χ0v) is 21.7. The molecule has 4 aromatic rings. The molecule has 10 nitrogen and oxygen atoms in total. The van der Waals surface area contributed by atoms with Gasteiger partial charge in [-0.15, -0.1) is 0 Å². The fourth-order valence-electron chi connectivity index (χ4n) is 4.78. The van der Waals surface area contributed by atoms with Crippen molar-refractivity contribution in [2.24, 2.45) is 5.92 Å². The Morgan fingerprint density at radius 1 is 0.878 bits per heavy atom. The number of nitrogens with one attached hydrogen (secondary N) is 4. The Hall–Kier alpha value is -5.32. The van der Waals surface area contributed by atoms with Crippen LogP contribution in [0.2, 0.25) is 0 Å². The van der Waals surface area contributed by atoms with Crippen LogP contribution >= 0.6 is 0 Å². The molecule has 0 aliphatic carbocycles. The van der Waals surface area contributed by atoms with Gasteiger partial charge >= 0.3 is 0 Å². The predicted molar refractivity (Wildman–Crippen MR) is 150 cm³/mol. The van der Waals surface area contributed by atoms with Crippen molar-refractivity contribution >= 4 is 46.4 Å². The fourth-order valence-corrected chi connectivity index (χ4v) is 4.78. The largest absolute Gasteiger partial charge is 0.470 e. The molecule has 2 atom stereocenters. The lowest BCUT2D eigenvalue weighted by molar-refractivity contribution is -0.138. The van der Waals surface area contributed by atoms with Crippen molar-refractivity contribution in [3.63, 3.8) is 0 Å². The van der Waals surface area contributed by atoms with E-state index in [1.165, 1.54) is 0 Å². The highest BCUT2D eigenvalue weighted by molar-refractivity contribution is 6.12. The number of hydrogen-bond acceptors (Lipinski definition) is 8. The molecular formula is C30H25FN6O4. The van der Waals surface area contributed by atoms with Crippen LogP contribution in [-0.4, -0.2) is 33.7 Å².